The maximum Gasteiger partial charge on any atom is -0.00201 e. The predicted molar refractivity (Wildman–Crippen MR) is 640 cm³/mol. The summed E-state index contributed by atoms with van der Waals surface area (Å²) < 4.78 is 0. The first-order valence-electron chi connectivity index (χ1n) is 51.6. The monoisotopic (exact) mass is 1860 g/mol. The smallest absolute Gasteiger partial charge is 0.00201 e. The molecular formula is C148H88. The van der Waals surface area contributed by atoms with E-state index in [2.05, 4.69) is 534 Å². The molecule has 32 rings (SSSR count). The molecule has 32 aromatic carbocycles. The molecule has 0 bridgehead atoms. The lowest BCUT2D eigenvalue weighted by Crippen LogP contribution is -1.94. The standard InChI is InChI=1S/C78H46.C70H42/c1-3-16-50-43-55(35-30-47(50)14-1)75-65-24-9-10-25-66(65)77(57-36-31-48-15-2-4-17-51(48)44-57)72-46-58(38-39-71(72)75)76-63-22-7-5-20-61(63)74(62-21-6-8-23-64(62)76)56-37-33-52-42-54(34-32-53(52)45-56)59-40-41-70-68-27-12-19-49-18-11-26-67(73(49)68)69-29-13-28-60(59)78(69)70;1-3-14-50-40-52(32-24-43(50)12-1)67-60-22-9-10-23-61(60)69(53-33-25-44-13-2-4-15-51(44)41-53)64-42-54(36-39-63(64)67)68-58-20-7-5-18-56(58)66(57-19-6-8-21-59(57)68)48-28-26-45(27-29-48)55-37-34-49-31-30-46-16-11-17-47-35-38-62(55)70(49)65(46)47/h1-46H;1-42H. The van der Waals surface area contributed by atoms with Crippen LogP contribution in [-0.2, 0) is 0 Å². The number of rotatable bonds is 10. The van der Waals surface area contributed by atoms with Crippen molar-refractivity contribution in [3.8, 4) is 111 Å². The summed E-state index contributed by atoms with van der Waals surface area (Å²) in [5, 5.41) is 50.7. The summed E-state index contributed by atoms with van der Waals surface area (Å²) in [6, 6.07) is 200. The van der Waals surface area contributed by atoms with E-state index in [1.807, 2.05) is 0 Å². The van der Waals surface area contributed by atoms with E-state index in [0.717, 1.165) is 0 Å². The van der Waals surface area contributed by atoms with Crippen molar-refractivity contribution >= 4 is 215 Å². The molecule has 0 aliphatic carbocycles. The molecule has 0 spiro atoms. The summed E-state index contributed by atoms with van der Waals surface area (Å²) in [6.07, 6.45) is 0. The molecule has 0 nitrogen and oxygen atoms in total. The first-order chi connectivity index (χ1) is 73.4. The fraction of sp³-hybridized carbons (Fsp3) is 0. The highest BCUT2D eigenvalue weighted by Crippen LogP contribution is 2.55. The van der Waals surface area contributed by atoms with Gasteiger partial charge in [-0.1, -0.05) is 485 Å². The fourth-order valence-electron chi connectivity index (χ4n) is 26.1. The van der Waals surface area contributed by atoms with E-state index in [-0.39, 0.29) is 0 Å². The summed E-state index contributed by atoms with van der Waals surface area (Å²) >= 11 is 0. The van der Waals surface area contributed by atoms with Gasteiger partial charge in [0.15, 0.2) is 0 Å². The Morgan fingerprint density at radius 1 is 0.0743 bits per heavy atom. The second kappa shape index (κ2) is 33.2. The van der Waals surface area contributed by atoms with E-state index in [0.29, 0.717) is 0 Å². The van der Waals surface area contributed by atoms with E-state index < -0.39 is 0 Å². The Labute approximate surface area is 854 Å². The molecule has 0 atom stereocenters. The minimum absolute atomic E-state index is 1.20. The Bertz CT molecular complexity index is 11100. The van der Waals surface area contributed by atoms with Crippen LogP contribution in [0.15, 0.2) is 534 Å². The average Bonchev–Trinajstić information content (AvgIpc) is 0.718. The van der Waals surface area contributed by atoms with Gasteiger partial charge in [0.2, 0.25) is 0 Å². The summed E-state index contributed by atoms with van der Waals surface area (Å²) in [6.45, 7) is 0. The highest BCUT2D eigenvalue weighted by atomic mass is 14.3. The van der Waals surface area contributed by atoms with Crippen LogP contribution in [0.5, 0.6) is 0 Å². The summed E-state index contributed by atoms with van der Waals surface area (Å²) in [5.41, 5.74) is 24.8. The van der Waals surface area contributed by atoms with Crippen molar-refractivity contribution in [2.45, 2.75) is 0 Å². The van der Waals surface area contributed by atoms with E-state index in [1.54, 1.807) is 0 Å². The third-order valence-corrected chi connectivity index (χ3v) is 32.6. The van der Waals surface area contributed by atoms with Crippen molar-refractivity contribution < 1.29 is 0 Å². The third-order valence-electron chi connectivity index (χ3n) is 32.6. The van der Waals surface area contributed by atoms with Crippen LogP contribution in [0.25, 0.3) is 327 Å². The molecule has 148 heavy (non-hydrogen) atoms. The maximum absolute atomic E-state index is 2.50. The Hall–Kier alpha value is -19.2. The van der Waals surface area contributed by atoms with Gasteiger partial charge in [0, 0.05) is 0 Å². The van der Waals surface area contributed by atoms with Gasteiger partial charge >= 0.3 is 0 Å². The number of fused-ring (bicyclic) bond motifs is 15. The molecule has 0 heteroatoms. The first-order valence-corrected chi connectivity index (χ1v) is 51.6. The van der Waals surface area contributed by atoms with Crippen LogP contribution in [0.2, 0.25) is 0 Å². The molecule has 680 valence electrons. The Morgan fingerprint density at radius 3 is 0.642 bits per heavy atom. The topological polar surface area (TPSA) is 0 Å². The zero-order valence-electron chi connectivity index (χ0n) is 80.8. The first kappa shape index (κ1) is 83.4. The van der Waals surface area contributed by atoms with Gasteiger partial charge in [-0.15, -0.1) is 0 Å². The van der Waals surface area contributed by atoms with Crippen LogP contribution in [0.3, 0.4) is 0 Å². The van der Waals surface area contributed by atoms with Crippen LogP contribution >= 0.6 is 0 Å². The van der Waals surface area contributed by atoms with Gasteiger partial charge in [0.25, 0.3) is 0 Å². The highest BCUT2D eigenvalue weighted by molar-refractivity contribution is 6.36. The van der Waals surface area contributed by atoms with E-state index >= 15 is 0 Å². The maximum atomic E-state index is 2.50. The molecule has 0 aliphatic rings. The quantitative estimate of drug-likeness (QED) is 0.0946. The number of hydrogen-bond donors (Lipinski definition) is 0. The van der Waals surface area contributed by atoms with Gasteiger partial charge < -0.3 is 0 Å². The molecule has 0 N–H and O–H groups in total. The molecule has 0 heterocycles. The minimum Gasteiger partial charge on any atom is -0.0616 e. The van der Waals surface area contributed by atoms with Crippen molar-refractivity contribution in [1.82, 2.24) is 0 Å². The van der Waals surface area contributed by atoms with Crippen molar-refractivity contribution in [2.75, 3.05) is 0 Å². The van der Waals surface area contributed by atoms with E-state index in [1.165, 1.54) is 327 Å². The Morgan fingerprint density at radius 2 is 0.257 bits per heavy atom. The zero-order chi connectivity index (χ0) is 96.9. The summed E-state index contributed by atoms with van der Waals surface area (Å²) in [4.78, 5) is 0. The van der Waals surface area contributed by atoms with Crippen LogP contribution in [0, 0.1) is 0 Å². The molecule has 0 saturated heterocycles. The lowest BCUT2D eigenvalue weighted by atomic mass is 9.82. The van der Waals surface area contributed by atoms with Crippen LogP contribution < -0.4 is 0 Å². The molecule has 0 saturated carbocycles. The van der Waals surface area contributed by atoms with Gasteiger partial charge in [-0.3, -0.25) is 0 Å². The molecule has 0 fully saturated rings. The van der Waals surface area contributed by atoms with Crippen LogP contribution in [-0.4, -0.2) is 0 Å². The normalized spacial score (nSPS) is 12.1. The van der Waals surface area contributed by atoms with E-state index in [4.69, 9.17) is 0 Å². The second-order valence-corrected chi connectivity index (χ2v) is 40.5. The zero-order valence-corrected chi connectivity index (χ0v) is 80.8. The highest BCUT2D eigenvalue weighted by Gasteiger charge is 2.28. The van der Waals surface area contributed by atoms with Gasteiger partial charge in [0.1, 0.15) is 0 Å². The van der Waals surface area contributed by atoms with Gasteiger partial charge in [-0.25, -0.2) is 0 Å². The fourth-order valence-corrected chi connectivity index (χ4v) is 26.1. The molecule has 0 aliphatic heterocycles. The SMILES string of the molecule is c1ccc2cc(-c3c4ccccc4c(-c4ccc5ccccc5c4)c4cc(-c5c6ccccc6c(-c6ccc(-c7ccc8ccc9cccc%10ccc7c8c9%10)cc6)c6ccccc56)ccc34)ccc2c1.c1ccc2cc(-c3c4ccccc4c(-c4ccc5ccccc5c4)c4cc(-c5c6ccccc6c(-c6ccc7cc(-c8ccc9c%10cccc%11cccc(c%12cccc8c%129)c%11%10)ccc7c6)c6ccccc56)ccc34)ccc2c1. The Kier molecular flexibility index (Phi) is 18.7. The average molecular weight is 1870 g/mol. The van der Waals surface area contributed by atoms with Gasteiger partial charge in [0.05, 0.1) is 0 Å². The molecular weight excluding hydrogens is 1780 g/mol. The van der Waals surface area contributed by atoms with Gasteiger partial charge in [-0.2, -0.15) is 0 Å². The molecule has 0 radical (unpaired) electrons. The number of benzene rings is 32. The largest absolute Gasteiger partial charge is 0.0616 e. The Balaban J connectivity index is 0.000000135. The minimum atomic E-state index is 1.20. The van der Waals surface area contributed by atoms with Crippen molar-refractivity contribution in [2.24, 2.45) is 0 Å². The predicted octanol–water partition coefficient (Wildman–Crippen LogP) is 42.0. The summed E-state index contributed by atoms with van der Waals surface area (Å²) in [7, 11) is 0. The van der Waals surface area contributed by atoms with E-state index in [9.17, 15) is 0 Å². The molecule has 0 unspecified atom stereocenters. The van der Waals surface area contributed by atoms with Crippen molar-refractivity contribution in [3.05, 3.63) is 534 Å². The molecule has 0 aromatic heterocycles. The molecule has 0 amide bonds. The third kappa shape index (κ3) is 13.0. The lowest BCUT2D eigenvalue weighted by Gasteiger charge is -2.21. The lowest BCUT2D eigenvalue weighted by molar-refractivity contribution is 1.64. The number of hydrogen-bond acceptors (Lipinski definition) is 0. The van der Waals surface area contributed by atoms with Crippen LogP contribution in [0.4, 0.5) is 0 Å². The second-order valence-electron chi connectivity index (χ2n) is 40.5. The summed E-state index contributed by atoms with van der Waals surface area (Å²) in [5.74, 6) is 0. The molecule has 32 aromatic rings. The van der Waals surface area contributed by atoms with Gasteiger partial charge in [-0.05, 0) is 375 Å². The van der Waals surface area contributed by atoms with Crippen LogP contribution in [0.1, 0.15) is 0 Å². The van der Waals surface area contributed by atoms with Crippen molar-refractivity contribution in [1.29, 1.82) is 0 Å². The van der Waals surface area contributed by atoms with Crippen molar-refractivity contribution in [3.63, 3.8) is 0 Å².